The Labute approximate surface area is 297 Å². The van der Waals surface area contributed by atoms with Gasteiger partial charge >= 0.3 is 0 Å². The van der Waals surface area contributed by atoms with E-state index >= 15 is 0 Å². The Morgan fingerprint density at radius 1 is 0.860 bits per heavy atom. The van der Waals surface area contributed by atoms with Gasteiger partial charge in [-0.1, -0.05) is 49.2 Å². The Balaban J connectivity index is 0.878. The van der Waals surface area contributed by atoms with E-state index in [0.29, 0.717) is 50.0 Å². The van der Waals surface area contributed by atoms with Crippen LogP contribution in [0.2, 0.25) is 0 Å². The summed E-state index contributed by atoms with van der Waals surface area (Å²) in [7, 11) is 0. The predicted octanol–water partition coefficient (Wildman–Crippen LogP) is 5.45. The van der Waals surface area contributed by atoms with E-state index in [1.807, 2.05) is 42.5 Å². The molecule has 0 radical (unpaired) electrons. The molecule has 3 aromatic rings. The van der Waals surface area contributed by atoms with E-state index in [4.69, 9.17) is 14.2 Å². The van der Waals surface area contributed by atoms with Gasteiger partial charge in [0.1, 0.15) is 35.5 Å². The van der Waals surface area contributed by atoms with E-state index in [1.54, 1.807) is 12.1 Å². The number of nitrogens with zero attached hydrogens (tertiary/aromatic N) is 1. The van der Waals surface area contributed by atoms with Crippen molar-refractivity contribution in [3.63, 3.8) is 0 Å². The summed E-state index contributed by atoms with van der Waals surface area (Å²) < 4.78 is 19.8. The van der Waals surface area contributed by atoms with E-state index in [1.165, 1.54) is 44.8 Å². The van der Waals surface area contributed by atoms with Gasteiger partial charge in [-0.3, -0.25) is 0 Å². The lowest BCUT2D eigenvalue weighted by molar-refractivity contribution is -0.946. The summed E-state index contributed by atoms with van der Waals surface area (Å²) in [5.74, 6) is 2.53. The van der Waals surface area contributed by atoms with Gasteiger partial charge in [-0.15, -0.1) is 0 Å². The molecule has 9 heteroatoms. The number of nitrogens with one attached hydrogen (secondary N) is 1. The number of aliphatic hydroxyl groups excluding tert-OH is 2. The van der Waals surface area contributed by atoms with Crippen LogP contribution in [0.5, 0.6) is 17.2 Å². The largest absolute Gasteiger partial charge is 0.508 e. The number of aliphatic hydroxyl groups is 3. The van der Waals surface area contributed by atoms with Crippen molar-refractivity contribution in [3.8, 4) is 17.2 Å². The van der Waals surface area contributed by atoms with E-state index in [-0.39, 0.29) is 24.4 Å². The first-order valence-corrected chi connectivity index (χ1v) is 18.8. The number of benzene rings is 3. The minimum Gasteiger partial charge on any atom is -0.508 e. The highest BCUT2D eigenvalue weighted by atomic mass is 16.5. The van der Waals surface area contributed by atoms with Crippen LogP contribution in [0.15, 0.2) is 72.8 Å². The van der Waals surface area contributed by atoms with Crippen molar-refractivity contribution >= 4 is 0 Å². The Kier molecular flexibility index (Phi) is 12.7. The normalized spacial score (nSPS) is 23.8. The molecule has 3 aliphatic heterocycles. The molecule has 50 heavy (non-hydrogen) atoms. The zero-order valence-corrected chi connectivity index (χ0v) is 29.4. The molecule has 5 N–H and O–H groups in total. The van der Waals surface area contributed by atoms with Crippen LogP contribution < -0.4 is 14.8 Å². The average Bonchev–Trinajstić information content (AvgIpc) is 3.71. The molecule has 1 unspecified atom stereocenters. The van der Waals surface area contributed by atoms with E-state index in [2.05, 4.69) is 17.4 Å². The van der Waals surface area contributed by atoms with Crippen LogP contribution in [0, 0.1) is 11.8 Å². The number of hydrogen-bond donors (Lipinski definition) is 5. The number of quaternary nitrogens is 1. The lowest BCUT2D eigenvalue weighted by Crippen LogP contribution is -2.65. The number of ether oxygens (including phenoxy) is 3. The smallest absolute Gasteiger partial charge is 0.121 e. The van der Waals surface area contributed by atoms with Crippen molar-refractivity contribution in [3.05, 3.63) is 89.5 Å². The quantitative estimate of drug-likeness (QED) is 0.0833. The first-order valence-electron chi connectivity index (χ1n) is 18.8. The summed E-state index contributed by atoms with van der Waals surface area (Å²) in [4.78, 5) is 0. The average molecular weight is 690 g/mol. The molecule has 0 aromatic heterocycles. The SMILES string of the molecule is OCc1cc([C@@H](O)CNCCCOc2ccc(OCCC[N+]34CCC(CC3)[C@@H](OCC(O)(c3ccccc3)C3CCCC3)C4)cc2)ccc1O. The molecular weight excluding hydrogens is 632 g/mol. The van der Waals surface area contributed by atoms with Gasteiger partial charge in [0.2, 0.25) is 0 Å². The Hall–Kier alpha value is -3.18. The first-order chi connectivity index (χ1) is 24.4. The van der Waals surface area contributed by atoms with Crippen LogP contribution in [-0.4, -0.2) is 90.1 Å². The summed E-state index contributed by atoms with van der Waals surface area (Å²) in [5, 5.41) is 44.7. The second kappa shape index (κ2) is 17.4. The van der Waals surface area contributed by atoms with E-state index in [0.717, 1.165) is 60.3 Å². The molecule has 3 aromatic carbocycles. The molecule has 2 bridgehead atoms. The minimum absolute atomic E-state index is 0.0263. The minimum atomic E-state index is -0.909. The maximum Gasteiger partial charge on any atom is 0.121 e. The third-order valence-electron chi connectivity index (χ3n) is 11.5. The number of aromatic hydroxyl groups is 1. The molecule has 272 valence electrons. The van der Waals surface area contributed by atoms with Crippen molar-refractivity contribution in [1.29, 1.82) is 0 Å². The van der Waals surface area contributed by atoms with Crippen molar-refractivity contribution in [2.45, 2.75) is 75.8 Å². The molecule has 3 saturated heterocycles. The van der Waals surface area contributed by atoms with Gasteiger partial charge in [-0.05, 0) is 79.3 Å². The number of fused-ring (bicyclic) bond motifs is 3. The molecule has 4 fully saturated rings. The summed E-state index contributed by atoms with van der Waals surface area (Å²) in [5.41, 5.74) is 1.15. The van der Waals surface area contributed by atoms with Crippen molar-refractivity contribution in [2.24, 2.45) is 11.8 Å². The molecule has 0 amide bonds. The fourth-order valence-corrected chi connectivity index (χ4v) is 8.43. The van der Waals surface area contributed by atoms with Gasteiger partial charge in [0.05, 0.1) is 52.2 Å². The Bertz CT molecular complexity index is 1460. The highest BCUT2D eigenvalue weighted by Gasteiger charge is 2.48. The molecule has 1 saturated carbocycles. The van der Waals surface area contributed by atoms with Crippen LogP contribution in [0.4, 0.5) is 0 Å². The van der Waals surface area contributed by atoms with Crippen molar-refractivity contribution in [2.75, 3.05) is 59.1 Å². The molecule has 3 atom stereocenters. The molecule has 7 rings (SSSR count). The Morgan fingerprint density at radius 2 is 1.54 bits per heavy atom. The molecule has 9 nitrogen and oxygen atoms in total. The summed E-state index contributed by atoms with van der Waals surface area (Å²) in [6.45, 7) is 6.94. The first kappa shape index (κ1) is 36.6. The van der Waals surface area contributed by atoms with Gasteiger partial charge in [-0.2, -0.15) is 0 Å². The highest BCUT2D eigenvalue weighted by molar-refractivity contribution is 5.36. The van der Waals surface area contributed by atoms with Crippen LogP contribution in [-0.2, 0) is 16.9 Å². The number of rotatable bonds is 19. The summed E-state index contributed by atoms with van der Waals surface area (Å²) in [6, 6.07) is 22.8. The Morgan fingerprint density at radius 3 is 2.22 bits per heavy atom. The fraction of sp³-hybridized carbons (Fsp3) is 0.561. The molecule has 4 aliphatic rings. The van der Waals surface area contributed by atoms with Gasteiger partial charge in [-0.25, -0.2) is 0 Å². The maximum absolute atomic E-state index is 12.0. The third-order valence-corrected chi connectivity index (χ3v) is 11.5. The van der Waals surface area contributed by atoms with E-state index in [9.17, 15) is 20.4 Å². The third kappa shape index (κ3) is 9.18. The number of hydrogen-bond acceptors (Lipinski definition) is 8. The highest BCUT2D eigenvalue weighted by Crippen LogP contribution is 2.42. The fourth-order valence-electron chi connectivity index (χ4n) is 8.43. The monoisotopic (exact) mass is 689 g/mol. The zero-order valence-electron chi connectivity index (χ0n) is 29.4. The second-order valence-electron chi connectivity index (χ2n) is 14.8. The lowest BCUT2D eigenvalue weighted by atomic mass is 9.80. The van der Waals surface area contributed by atoms with Gasteiger partial charge < -0.3 is 44.4 Å². The number of piperidine rings is 3. The van der Waals surface area contributed by atoms with Crippen LogP contribution in [0.3, 0.4) is 0 Å². The second-order valence-corrected chi connectivity index (χ2v) is 14.8. The topological polar surface area (TPSA) is 121 Å². The van der Waals surface area contributed by atoms with Gasteiger partial charge in [0, 0.05) is 37.3 Å². The molecule has 3 heterocycles. The van der Waals surface area contributed by atoms with Crippen molar-refractivity contribution < 1.29 is 39.1 Å². The van der Waals surface area contributed by atoms with E-state index < -0.39 is 11.7 Å². The van der Waals surface area contributed by atoms with Crippen LogP contribution in [0.1, 0.15) is 74.2 Å². The van der Waals surface area contributed by atoms with Gasteiger partial charge in [0.25, 0.3) is 0 Å². The van der Waals surface area contributed by atoms with Crippen molar-refractivity contribution in [1.82, 2.24) is 5.32 Å². The number of phenols is 1. The van der Waals surface area contributed by atoms with Crippen LogP contribution in [0.25, 0.3) is 0 Å². The lowest BCUT2D eigenvalue weighted by Gasteiger charge is -2.53. The summed E-state index contributed by atoms with van der Waals surface area (Å²) >= 11 is 0. The molecule has 0 spiro atoms. The predicted molar refractivity (Wildman–Crippen MR) is 193 cm³/mol. The molecule has 1 aliphatic carbocycles. The van der Waals surface area contributed by atoms with Gasteiger partial charge in [0.15, 0.2) is 0 Å². The molecular formula is C41H57N2O7+. The van der Waals surface area contributed by atoms with Crippen LogP contribution >= 0.6 is 0 Å². The summed E-state index contributed by atoms with van der Waals surface area (Å²) in [6.07, 6.45) is 8.17. The zero-order chi connectivity index (χ0) is 34.8. The standard InChI is InChI=1S/C41H56N2O7/c44-29-33-26-32(12-17-38(33)45)39(46)27-42-20-6-24-48-36-13-15-37(16-14-36)49-25-7-21-43-22-18-31(19-23-43)40(28-43)50-30-41(47,35-10-4-5-11-35)34-8-2-1-3-9-34/h1-3,8-9,12-17,26,31,35,39-40,42,44,46-47H,4-7,10-11,18-25,27-30H2/p+1/t31?,39-,40-,41?,43?/m0/s1. The maximum atomic E-state index is 12.0.